The predicted octanol–water partition coefficient (Wildman–Crippen LogP) is 0.564. The molecule has 114 valence electrons. The molecule has 0 bridgehead atoms. The van der Waals surface area contributed by atoms with E-state index >= 15 is 0 Å². The smallest absolute Gasteiger partial charge is 0.293 e. The van der Waals surface area contributed by atoms with E-state index in [9.17, 15) is 13.2 Å². The molecule has 0 unspecified atom stereocenters. The molecule has 7 nitrogen and oxygen atoms in total. The van der Waals surface area contributed by atoms with Gasteiger partial charge in [-0.15, -0.1) is 0 Å². The lowest BCUT2D eigenvalue weighted by molar-refractivity contribution is 0.475. The Morgan fingerprint density at radius 1 is 1.40 bits per heavy atom. The largest absolute Gasteiger partial charge is 0.364 e. The maximum atomic E-state index is 12.1. The normalized spacial score (nSPS) is 12.7. The maximum Gasteiger partial charge on any atom is 0.293 e. The molecule has 0 fully saturated rings. The number of anilines is 1. The quantitative estimate of drug-likeness (QED) is 0.801. The van der Waals surface area contributed by atoms with Crippen molar-refractivity contribution in [1.29, 1.82) is 0 Å². The van der Waals surface area contributed by atoms with Gasteiger partial charge >= 0.3 is 0 Å². The van der Waals surface area contributed by atoms with Crippen molar-refractivity contribution < 1.29 is 8.42 Å². The van der Waals surface area contributed by atoms with Gasteiger partial charge in [0.1, 0.15) is 0 Å². The Balaban J connectivity index is 2.86. The molecular formula is C12H22N4O3S. The lowest BCUT2D eigenvalue weighted by Crippen LogP contribution is -2.48. The average Bonchev–Trinajstić information content (AvgIpc) is 2.24. The second-order valence-electron chi connectivity index (χ2n) is 5.69. The third-order valence-electron chi connectivity index (χ3n) is 2.58. The third-order valence-corrected chi connectivity index (χ3v) is 3.51. The van der Waals surface area contributed by atoms with E-state index in [4.69, 9.17) is 0 Å². The molecule has 0 saturated heterocycles. The second-order valence-corrected chi connectivity index (χ2v) is 7.44. The molecular weight excluding hydrogens is 280 g/mol. The van der Waals surface area contributed by atoms with Gasteiger partial charge in [0.15, 0.2) is 5.82 Å². The van der Waals surface area contributed by atoms with Crippen molar-refractivity contribution in [3.63, 3.8) is 0 Å². The number of rotatable bonds is 6. The highest BCUT2D eigenvalue weighted by Crippen LogP contribution is 2.06. The molecule has 0 radical (unpaired) electrons. The summed E-state index contributed by atoms with van der Waals surface area (Å²) >= 11 is 0. The number of aromatic nitrogens is 2. The van der Waals surface area contributed by atoms with Gasteiger partial charge in [0.05, 0.1) is 6.26 Å². The van der Waals surface area contributed by atoms with Gasteiger partial charge in [0.2, 0.25) is 10.0 Å². The van der Waals surface area contributed by atoms with Crippen LogP contribution in [0.25, 0.3) is 0 Å². The number of hydrogen-bond donors (Lipinski definition) is 2. The summed E-state index contributed by atoms with van der Waals surface area (Å²) in [5.41, 5.74) is -0.946. The van der Waals surface area contributed by atoms with Crippen LogP contribution in [0.1, 0.15) is 33.7 Å². The molecule has 0 amide bonds. The summed E-state index contributed by atoms with van der Waals surface area (Å²) in [7, 11) is -3.31. The minimum absolute atomic E-state index is 0.0354. The minimum atomic E-state index is -3.31. The zero-order valence-corrected chi connectivity index (χ0v) is 13.3. The van der Waals surface area contributed by atoms with Gasteiger partial charge in [-0.2, -0.15) is 0 Å². The van der Waals surface area contributed by atoms with Gasteiger partial charge < -0.3 is 9.88 Å². The maximum absolute atomic E-state index is 12.1. The van der Waals surface area contributed by atoms with Crippen molar-refractivity contribution in [3.05, 3.63) is 22.7 Å². The first-order chi connectivity index (χ1) is 9.02. The summed E-state index contributed by atoms with van der Waals surface area (Å²) in [5, 5.41) is 2.90. The van der Waals surface area contributed by atoms with Crippen molar-refractivity contribution in [3.8, 4) is 0 Å². The van der Waals surface area contributed by atoms with Crippen LogP contribution >= 0.6 is 0 Å². The number of nitrogens with one attached hydrogen (secondary N) is 2. The van der Waals surface area contributed by atoms with Gasteiger partial charge in [-0.25, -0.2) is 18.1 Å². The van der Waals surface area contributed by atoms with E-state index in [2.05, 4.69) is 15.0 Å². The Labute approximate surface area is 119 Å². The van der Waals surface area contributed by atoms with E-state index in [0.29, 0.717) is 0 Å². The van der Waals surface area contributed by atoms with Crippen LogP contribution in [0.3, 0.4) is 0 Å². The van der Waals surface area contributed by atoms with Crippen LogP contribution in [0, 0.1) is 0 Å². The molecule has 1 aromatic rings. The molecule has 0 spiro atoms. The lowest BCUT2D eigenvalue weighted by atomic mass is 10.1. The minimum Gasteiger partial charge on any atom is -0.364 e. The fourth-order valence-corrected chi connectivity index (χ4v) is 2.87. The van der Waals surface area contributed by atoms with Crippen LogP contribution in [-0.4, -0.2) is 36.3 Å². The molecule has 20 heavy (non-hydrogen) atoms. The molecule has 1 aromatic heterocycles. The standard InChI is InChI=1S/C12H22N4O3S/c1-9(2)16-7-6-13-10(11(16)17)14-8-12(3,4)15-20(5,18)19/h6-7,9,15H,8H2,1-5H3,(H,13,14). The van der Waals surface area contributed by atoms with Crippen LogP contribution in [0.15, 0.2) is 17.2 Å². The first-order valence-electron chi connectivity index (χ1n) is 6.32. The number of sulfonamides is 1. The Morgan fingerprint density at radius 2 is 2.00 bits per heavy atom. The fourth-order valence-electron chi connectivity index (χ4n) is 1.80. The molecule has 0 aliphatic carbocycles. The summed E-state index contributed by atoms with van der Waals surface area (Å²) in [6.45, 7) is 7.51. The molecule has 1 heterocycles. The summed E-state index contributed by atoms with van der Waals surface area (Å²) in [4.78, 5) is 16.1. The molecule has 8 heteroatoms. The summed E-state index contributed by atoms with van der Waals surface area (Å²) < 4.78 is 26.6. The van der Waals surface area contributed by atoms with Crippen LogP contribution in [0.5, 0.6) is 0 Å². The Morgan fingerprint density at radius 3 is 2.50 bits per heavy atom. The second kappa shape index (κ2) is 5.92. The first-order valence-corrected chi connectivity index (χ1v) is 8.21. The molecule has 1 rings (SSSR count). The summed E-state index contributed by atoms with van der Waals surface area (Å²) in [5.74, 6) is 0.213. The van der Waals surface area contributed by atoms with Gasteiger partial charge in [0.25, 0.3) is 5.56 Å². The van der Waals surface area contributed by atoms with Gasteiger partial charge in [0, 0.05) is 30.5 Å². The van der Waals surface area contributed by atoms with Crippen LogP contribution in [0.4, 0.5) is 5.82 Å². The van der Waals surface area contributed by atoms with E-state index in [1.807, 2.05) is 13.8 Å². The highest BCUT2D eigenvalue weighted by molar-refractivity contribution is 7.88. The summed E-state index contributed by atoms with van der Waals surface area (Å²) in [6.07, 6.45) is 4.26. The van der Waals surface area contributed by atoms with Gasteiger partial charge in [-0.05, 0) is 27.7 Å². The zero-order valence-electron chi connectivity index (χ0n) is 12.5. The fraction of sp³-hybridized carbons (Fsp3) is 0.667. The SMILES string of the molecule is CC(C)n1ccnc(NCC(C)(C)NS(C)(=O)=O)c1=O. The first kappa shape index (κ1) is 16.6. The predicted molar refractivity (Wildman–Crippen MR) is 79.4 cm³/mol. The van der Waals surface area contributed by atoms with E-state index in [1.54, 1.807) is 30.8 Å². The molecule has 2 N–H and O–H groups in total. The van der Waals surface area contributed by atoms with Crippen molar-refractivity contribution in [1.82, 2.24) is 14.3 Å². The van der Waals surface area contributed by atoms with Crippen LogP contribution < -0.4 is 15.6 Å². The Bertz CT molecular complexity index is 620. The van der Waals surface area contributed by atoms with Gasteiger partial charge in [-0.3, -0.25) is 4.79 Å². The topological polar surface area (TPSA) is 93.1 Å². The van der Waals surface area contributed by atoms with Crippen LogP contribution in [0.2, 0.25) is 0 Å². The highest BCUT2D eigenvalue weighted by atomic mass is 32.2. The Kier molecular flexibility index (Phi) is 4.93. The number of nitrogens with zero attached hydrogens (tertiary/aromatic N) is 2. The molecule has 0 aliphatic rings. The number of hydrogen-bond acceptors (Lipinski definition) is 5. The van der Waals surface area contributed by atoms with E-state index < -0.39 is 15.6 Å². The highest BCUT2D eigenvalue weighted by Gasteiger charge is 2.22. The van der Waals surface area contributed by atoms with Crippen molar-refractivity contribution in [2.45, 2.75) is 39.3 Å². The van der Waals surface area contributed by atoms with Gasteiger partial charge in [-0.1, -0.05) is 0 Å². The Hall–Kier alpha value is -1.41. The van der Waals surface area contributed by atoms with Crippen molar-refractivity contribution >= 4 is 15.8 Å². The lowest BCUT2D eigenvalue weighted by Gasteiger charge is -2.25. The summed E-state index contributed by atoms with van der Waals surface area (Å²) in [6, 6.07) is 0.0354. The molecule has 0 atom stereocenters. The zero-order chi connectivity index (χ0) is 15.6. The third kappa shape index (κ3) is 4.93. The van der Waals surface area contributed by atoms with Crippen LogP contribution in [-0.2, 0) is 10.0 Å². The average molecular weight is 302 g/mol. The molecule has 0 aliphatic heterocycles. The van der Waals surface area contributed by atoms with E-state index in [-0.39, 0.29) is 24.0 Å². The van der Waals surface area contributed by atoms with E-state index in [0.717, 1.165) is 6.26 Å². The van der Waals surface area contributed by atoms with E-state index in [1.165, 1.54) is 0 Å². The monoisotopic (exact) mass is 302 g/mol. The van der Waals surface area contributed by atoms with Crippen molar-refractivity contribution in [2.75, 3.05) is 18.1 Å². The molecule has 0 saturated carbocycles. The molecule has 0 aromatic carbocycles. The van der Waals surface area contributed by atoms with Crippen molar-refractivity contribution in [2.24, 2.45) is 0 Å².